The van der Waals surface area contributed by atoms with E-state index >= 15 is 0 Å². The Labute approximate surface area is 120 Å². The Morgan fingerprint density at radius 1 is 1.37 bits per heavy atom. The number of amides is 1. The Kier molecular flexibility index (Phi) is 4.16. The Balaban J connectivity index is 2.03. The van der Waals surface area contributed by atoms with Gasteiger partial charge in [0.25, 0.3) is 5.91 Å². The highest BCUT2D eigenvalue weighted by Gasteiger charge is 2.07. The largest absolute Gasteiger partial charge is 0.398 e. The lowest BCUT2D eigenvalue weighted by Gasteiger charge is -2.07. The van der Waals surface area contributed by atoms with E-state index in [4.69, 9.17) is 5.73 Å². The van der Waals surface area contributed by atoms with Gasteiger partial charge in [0, 0.05) is 21.4 Å². The number of nitrogens with zero attached hydrogens (tertiary/aromatic N) is 1. The molecule has 1 aromatic heterocycles. The van der Waals surface area contributed by atoms with E-state index in [-0.39, 0.29) is 5.91 Å². The maximum Gasteiger partial charge on any atom is 0.251 e. The van der Waals surface area contributed by atoms with Crippen LogP contribution in [0.25, 0.3) is 0 Å². The fourth-order valence-electron chi connectivity index (χ4n) is 1.66. The SMILES string of the molecule is Cc1cccc(CNC(=O)c2ccc(Br)c(N)c2)n1. The van der Waals surface area contributed by atoms with Crippen LogP contribution in [0.15, 0.2) is 40.9 Å². The van der Waals surface area contributed by atoms with Gasteiger partial charge in [-0.2, -0.15) is 0 Å². The zero-order chi connectivity index (χ0) is 13.8. The summed E-state index contributed by atoms with van der Waals surface area (Å²) in [6.45, 7) is 2.32. The first kappa shape index (κ1) is 13.5. The standard InChI is InChI=1S/C14H14BrN3O/c1-9-3-2-4-11(18-9)8-17-14(19)10-5-6-12(15)13(16)7-10/h2-7H,8,16H2,1H3,(H,17,19). The number of nitrogens with two attached hydrogens (primary N) is 1. The van der Waals surface area contributed by atoms with E-state index in [1.165, 1.54) is 0 Å². The molecule has 0 aliphatic carbocycles. The van der Waals surface area contributed by atoms with Gasteiger partial charge in [-0.15, -0.1) is 0 Å². The third-order valence-corrected chi connectivity index (χ3v) is 3.36. The number of hydrogen-bond acceptors (Lipinski definition) is 3. The van der Waals surface area contributed by atoms with Crippen LogP contribution in [-0.4, -0.2) is 10.9 Å². The molecule has 1 heterocycles. The third kappa shape index (κ3) is 3.54. The van der Waals surface area contributed by atoms with Crippen molar-refractivity contribution in [3.63, 3.8) is 0 Å². The molecule has 0 aliphatic heterocycles. The van der Waals surface area contributed by atoms with Crippen LogP contribution in [0.5, 0.6) is 0 Å². The highest BCUT2D eigenvalue weighted by molar-refractivity contribution is 9.10. The van der Waals surface area contributed by atoms with Crippen molar-refractivity contribution in [1.82, 2.24) is 10.3 Å². The van der Waals surface area contributed by atoms with E-state index in [1.54, 1.807) is 18.2 Å². The van der Waals surface area contributed by atoms with E-state index in [2.05, 4.69) is 26.2 Å². The van der Waals surface area contributed by atoms with E-state index in [0.717, 1.165) is 15.9 Å². The number of rotatable bonds is 3. The van der Waals surface area contributed by atoms with Gasteiger partial charge < -0.3 is 11.1 Å². The van der Waals surface area contributed by atoms with Crippen molar-refractivity contribution < 1.29 is 4.79 Å². The Morgan fingerprint density at radius 2 is 2.16 bits per heavy atom. The summed E-state index contributed by atoms with van der Waals surface area (Å²) in [5.74, 6) is -0.164. The van der Waals surface area contributed by atoms with E-state index in [1.807, 2.05) is 25.1 Å². The van der Waals surface area contributed by atoms with Crippen molar-refractivity contribution in [3.8, 4) is 0 Å². The summed E-state index contributed by atoms with van der Waals surface area (Å²) in [6.07, 6.45) is 0. The molecule has 1 aromatic carbocycles. The lowest BCUT2D eigenvalue weighted by Crippen LogP contribution is -2.23. The van der Waals surface area contributed by atoms with Crippen LogP contribution in [0.1, 0.15) is 21.7 Å². The molecule has 4 nitrogen and oxygen atoms in total. The number of aromatic nitrogens is 1. The molecule has 0 bridgehead atoms. The lowest BCUT2D eigenvalue weighted by atomic mass is 10.2. The van der Waals surface area contributed by atoms with Crippen molar-refractivity contribution in [2.24, 2.45) is 0 Å². The number of carbonyl (C=O) groups excluding carboxylic acids is 1. The van der Waals surface area contributed by atoms with Crippen LogP contribution >= 0.6 is 15.9 Å². The maximum absolute atomic E-state index is 12.0. The van der Waals surface area contributed by atoms with E-state index in [0.29, 0.717) is 17.8 Å². The molecule has 2 aromatic rings. The molecule has 0 saturated heterocycles. The number of pyridine rings is 1. The van der Waals surface area contributed by atoms with Crippen LogP contribution in [0.4, 0.5) is 5.69 Å². The van der Waals surface area contributed by atoms with Gasteiger partial charge in [0.2, 0.25) is 0 Å². The third-order valence-electron chi connectivity index (χ3n) is 2.63. The minimum Gasteiger partial charge on any atom is -0.398 e. The molecule has 1 amide bonds. The minimum atomic E-state index is -0.164. The van der Waals surface area contributed by atoms with Gasteiger partial charge in [-0.05, 0) is 53.2 Å². The summed E-state index contributed by atoms with van der Waals surface area (Å²) in [6, 6.07) is 10.8. The molecule has 98 valence electrons. The average Bonchev–Trinajstić information content (AvgIpc) is 2.39. The first-order chi connectivity index (χ1) is 9.06. The number of hydrogen-bond donors (Lipinski definition) is 2. The molecule has 0 fully saturated rings. The van der Waals surface area contributed by atoms with Crippen molar-refractivity contribution in [2.75, 3.05) is 5.73 Å². The van der Waals surface area contributed by atoms with Gasteiger partial charge in [-0.3, -0.25) is 9.78 Å². The Bertz CT molecular complexity index is 613. The number of benzene rings is 1. The zero-order valence-electron chi connectivity index (χ0n) is 10.5. The number of halogens is 1. The minimum absolute atomic E-state index is 0.164. The number of nitrogens with one attached hydrogen (secondary N) is 1. The van der Waals surface area contributed by atoms with Crippen LogP contribution in [0.2, 0.25) is 0 Å². The van der Waals surface area contributed by atoms with Crippen molar-refractivity contribution in [1.29, 1.82) is 0 Å². The molecule has 3 N–H and O–H groups in total. The first-order valence-corrected chi connectivity index (χ1v) is 6.61. The smallest absolute Gasteiger partial charge is 0.251 e. The van der Waals surface area contributed by atoms with Gasteiger partial charge in [-0.25, -0.2) is 0 Å². The molecule has 0 aliphatic rings. The van der Waals surface area contributed by atoms with Gasteiger partial charge in [-0.1, -0.05) is 6.07 Å². The molecule has 0 atom stereocenters. The van der Waals surface area contributed by atoms with Crippen LogP contribution in [0.3, 0.4) is 0 Å². The van der Waals surface area contributed by atoms with E-state index in [9.17, 15) is 4.79 Å². The number of anilines is 1. The predicted octanol–water partition coefficient (Wildman–Crippen LogP) is 2.66. The molecule has 2 rings (SSSR count). The highest BCUT2D eigenvalue weighted by Crippen LogP contribution is 2.20. The molecule has 5 heteroatoms. The second-order valence-corrected chi connectivity index (χ2v) is 5.04. The van der Waals surface area contributed by atoms with E-state index < -0.39 is 0 Å². The number of nitrogen functional groups attached to an aromatic ring is 1. The summed E-state index contributed by atoms with van der Waals surface area (Å²) in [4.78, 5) is 16.3. The normalized spacial score (nSPS) is 10.2. The topological polar surface area (TPSA) is 68.0 Å². The molecule has 0 unspecified atom stereocenters. The predicted molar refractivity (Wildman–Crippen MR) is 78.7 cm³/mol. The number of aryl methyl sites for hydroxylation is 1. The quantitative estimate of drug-likeness (QED) is 0.855. The van der Waals surface area contributed by atoms with Gasteiger partial charge in [0.1, 0.15) is 0 Å². The average molecular weight is 320 g/mol. The van der Waals surface area contributed by atoms with Crippen LogP contribution in [0, 0.1) is 6.92 Å². The summed E-state index contributed by atoms with van der Waals surface area (Å²) >= 11 is 3.30. The van der Waals surface area contributed by atoms with Gasteiger partial charge >= 0.3 is 0 Å². The highest BCUT2D eigenvalue weighted by atomic mass is 79.9. The molecule has 0 saturated carbocycles. The zero-order valence-corrected chi connectivity index (χ0v) is 12.1. The summed E-state index contributed by atoms with van der Waals surface area (Å²) < 4.78 is 0.782. The molecule has 0 spiro atoms. The fourth-order valence-corrected chi connectivity index (χ4v) is 1.90. The molecular weight excluding hydrogens is 306 g/mol. The maximum atomic E-state index is 12.0. The van der Waals surface area contributed by atoms with Crippen molar-refractivity contribution in [2.45, 2.75) is 13.5 Å². The van der Waals surface area contributed by atoms with Gasteiger partial charge in [0.15, 0.2) is 0 Å². The summed E-state index contributed by atoms with van der Waals surface area (Å²) in [5, 5.41) is 2.82. The monoisotopic (exact) mass is 319 g/mol. The second-order valence-electron chi connectivity index (χ2n) is 4.19. The lowest BCUT2D eigenvalue weighted by molar-refractivity contribution is 0.0950. The van der Waals surface area contributed by atoms with Gasteiger partial charge in [0.05, 0.1) is 12.2 Å². The summed E-state index contributed by atoms with van der Waals surface area (Å²) in [5.41, 5.74) is 8.59. The van der Waals surface area contributed by atoms with Crippen LogP contribution < -0.4 is 11.1 Å². The number of carbonyl (C=O) groups is 1. The first-order valence-electron chi connectivity index (χ1n) is 5.82. The van der Waals surface area contributed by atoms with Crippen molar-refractivity contribution in [3.05, 3.63) is 57.8 Å². The molecule has 19 heavy (non-hydrogen) atoms. The second kappa shape index (κ2) is 5.84. The Morgan fingerprint density at radius 3 is 2.84 bits per heavy atom. The van der Waals surface area contributed by atoms with Crippen LogP contribution in [-0.2, 0) is 6.54 Å². The molecular formula is C14H14BrN3O. The fraction of sp³-hybridized carbons (Fsp3) is 0.143. The molecule has 0 radical (unpaired) electrons. The summed E-state index contributed by atoms with van der Waals surface area (Å²) in [7, 11) is 0. The Hall–Kier alpha value is -1.88. The van der Waals surface area contributed by atoms with Crippen molar-refractivity contribution >= 4 is 27.5 Å².